The fourth-order valence-corrected chi connectivity index (χ4v) is 2.82. The van der Waals surface area contributed by atoms with E-state index in [9.17, 15) is 12.8 Å². The lowest BCUT2D eigenvalue weighted by molar-refractivity contribution is -0.0482. The largest absolute Gasteiger partial charge is 0.349 e. The van der Waals surface area contributed by atoms with Crippen molar-refractivity contribution in [2.24, 2.45) is 0 Å². The molecule has 18 heavy (non-hydrogen) atoms. The molecule has 1 heterocycles. The zero-order valence-electron chi connectivity index (χ0n) is 9.87. The van der Waals surface area contributed by atoms with Crippen LogP contribution in [0, 0.1) is 5.82 Å². The second-order valence-electron chi connectivity index (χ2n) is 3.91. The summed E-state index contributed by atoms with van der Waals surface area (Å²) in [5.74, 6) is -0.585. The van der Waals surface area contributed by atoms with E-state index in [-0.39, 0.29) is 11.4 Å². The second kappa shape index (κ2) is 5.31. The molecule has 2 rings (SSSR count). The van der Waals surface area contributed by atoms with Gasteiger partial charge in [-0.1, -0.05) is 6.07 Å². The second-order valence-corrected chi connectivity index (χ2v) is 5.96. The van der Waals surface area contributed by atoms with Gasteiger partial charge in [0.1, 0.15) is 5.82 Å². The lowest BCUT2D eigenvalue weighted by Crippen LogP contribution is -2.34. The number of nitrogens with zero attached hydrogens (tertiary/aromatic N) is 1. The van der Waals surface area contributed by atoms with Crippen LogP contribution in [0.5, 0.6) is 0 Å². The van der Waals surface area contributed by atoms with Crippen molar-refractivity contribution in [3.05, 3.63) is 30.1 Å². The highest BCUT2D eigenvalue weighted by Gasteiger charge is 2.26. The number of sulfonamides is 1. The zero-order valence-corrected chi connectivity index (χ0v) is 10.7. The number of ether oxygens (including phenoxy) is 2. The Morgan fingerprint density at radius 3 is 2.67 bits per heavy atom. The molecular formula is C11H14FNO4S. The molecule has 1 fully saturated rings. The minimum atomic E-state index is -3.72. The molecule has 1 saturated heterocycles. The minimum absolute atomic E-state index is 0.0806. The fourth-order valence-electron chi connectivity index (χ4n) is 1.63. The molecule has 1 aromatic rings. The van der Waals surface area contributed by atoms with Crippen molar-refractivity contribution in [2.45, 2.75) is 11.2 Å². The predicted octanol–water partition coefficient (Wildman–Crippen LogP) is 0.819. The maximum absolute atomic E-state index is 13.0. The van der Waals surface area contributed by atoms with Gasteiger partial charge in [0.2, 0.25) is 10.0 Å². The summed E-state index contributed by atoms with van der Waals surface area (Å²) in [5.41, 5.74) is 0. The summed E-state index contributed by atoms with van der Waals surface area (Å²) in [6.45, 7) is 0.996. The van der Waals surface area contributed by atoms with Crippen molar-refractivity contribution in [2.75, 3.05) is 26.8 Å². The van der Waals surface area contributed by atoms with Crippen molar-refractivity contribution < 1.29 is 22.3 Å². The van der Waals surface area contributed by atoms with Gasteiger partial charge in [-0.05, 0) is 18.2 Å². The third-order valence-corrected chi connectivity index (χ3v) is 4.42. The third kappa shape index (κ3) is 2.86. The molecule has 0 bridgehead atoms. The number of hydrogen-bond acceptors (Lipinski definition) is 4. The van der Waals surface area contributed by atoms with Gasteiger partial charge in [-0.25, -0.2) is 12.8 Å². The van der Waals surface area contributed by atoms with Gasteiger partial charge in [0, 0.05) is 7.05 Å². The Labute approximate surface area is 105 Å². The summed E-state index contributed by atoms with van der Waals surface area (Å²) in [5, 5.41) is 0. The highest BCUT2D eigenvalue weighted by atomic mass is 32.2. The first-order chi connectivity index (χ1) is 8.50. The van der Waals surface area contributed by atoms with Crippen LogP contribution >= 0.6 is 0 Å². The van der Waals surface area contributed by atoms with Gasteiger partial charge in [-0.15, -0.1) is 0 Å². The molecule has 1 aromatic carbocycles. The molecule has 0 saturated carbocycles. The highest BCUT2D eigenvalue weighted by molar-refractivity contribution is 7.89. The molecule has 5 nitrogen and oxygen atoms in total. The summed E-state index contributed by atoms with van der Waals surface area (Å²) in [7, 11) is -2.31. The molecule has 0 atom stereocenters. The molecule has 0 N–H and O–H groups in total. The summed E-state index contributed by atoms with van der Waals surface area (Å²) >= 11 is 0. The van der Waals surface area contributed by atoms with Crippen molar-refractivity contribution in [3.63, 3.8) is 0 Å². The predicted molar refractivity (Wildman–Crippen MR) is 61.9 cm³/mol. The molecule has 7 heteroatoms. The average molecular weight is 275 g/mol. The van der Waals surface area contributed by atoms with Crippen molar-refractivity contribution in [3.8, 4) is 0 Å². The van der Waals surface area contributed by atoms with Crippen LogP contribution in [-0.2, 0) is 19.5 Å². The standard InChI is InChI=1S/C11H14FNO4S/c1-13(8-11-16-5-6-17-11)18(14,15)10-4-2-3-9(12)7-10/h2-4,7,11H,5-6,8H2,1H3. The molecule has 0 aliphatic carbocycles. The highest BCUT2D eigenvalue weighted by Crippen LogP contribution is 2.17. The summed E-state index contributed by atoms with van der Waals surface area (Å²) in [6, 6.07) is 4.90. The summed E-state index contributed by atoms with van der Waals surface area (Å²) in [6.07, 6.45) is -0.557. The van der Waals surface area contributed by atoms with Crippen LogP contribution in [0.15, 0.2) is 29.2 Å². The Hall–Kier alpha value is -1.02. The van der Waals surface area contributed by atoms with Crippen LogP contribution in [0.2, 0.25) is 0 Å². The number of rotatable bonds is 4. The molecule has 1 aliphatic rings. The molecule has 0 spiro atoms. The molecule has 0 radical (unpaired) electrons. The molecule has 100 valence electrons. The first-order valence-electron chi connectivity index (χ1n) is 5.45. The van der Waals surface area contributed by atoms with Crippen molar-refractivity contribution in [1.82, 2.24) is 4.31 Å². The Kier molecular flexibility index (Phi) is 3.96. The van der Waals surface area contributed by atoms with Gasteiger partial charge in [-0.2, -0.15) is 4.31 Å². The SMILES string of the molecule is CN(CC1OCCO1)S(=O)(=O)c1cccc(F)c1. The molecular weight excluding hydrogens is 261 g/mol. The summed E-state index contributed by atoms with van der Waals surface area (Å²) < 4.78 is 48.7. The first-order valence-corrected chi connectivity index (χ1v) is 6.89. The Balaban J connectivity index is 2.14. The van der Waals surface area contributed by atoms with Gasteiger partial charge >= 0.3 is 0 Å². The number of likely N-dealkylation sites (N-methyl/N-ethyl adjacent to an activating group) is 1. The fraction of sp³-hybridized carbons (Fsp3) is 0.455. The number of hydrogen-bond donors (Lipinski definition) is 0. The Bertz CT molecular complexity index is 514. The van der Waals surface area contributed by atoms with E-state index >= 15 is 0 Å². The summed E-state index contributed by atoms with van der Waals surface area (Å²) in [4.78, 5) is -0.0806. The van der Waals surface area contributed by atoms with Crippen LogP contribution in [0.1, 0.15) is 0 Å². The van der Waals surface area contributed by atoms with Gasteiger partial charge in [0.15, 0.2) is 6.29 Å². The lowest BCUT2D eigenvalue weighted by atomic mass is 10.4. The lowest BCUT2D eigenvalue weighted by Gasteiger charge is -2.19. The Morgan fingerprint density at radius 1 is 1.39 bits per heavy atom. The molecule has 0 amide bonds. The van der Waals surface area contributed by atoms with Crippen LogP contribution in [0.3, 0.4) is 0 Å². The molecule has 0 unspecified atom stereocenters. The number of halogens is 1. The Morgan fingerprint density at radius 2 is 2.06 bits per heavy atom. The van der Waals surface area contributed by atoms with Crippen LogP contribution in [0.4, 0.5) is 4.39 Å². The van der Waals surface area contributed by atoms with E-state index in [1.165, 1.54) is 25.2 Å². The quantitative estimate of drug-likeness (QED) is 0.816. The van der Waals surface area contributed by atoms with Crippen LogP contribution < -0.4 is 0 Å². The average Bonchev–Trinajstić information content (AvgIpc) is 2.81. The van der Waals surface area contributed by atoms with E-state index in [0.717, 1.165) is 10.4 Å². The van der Waals surface area contributed by atoms with E-state index in [4.69, 9.17) is 9.47 Å². The maximum atomic E-state index is 13.0. The topological polar surface area (TPSA) is 55.8 Å². The van der Waals surface area contributed by atoms with Gasteiger partial charge in [0.25, 0.3) is 0 Å². The van der Waals surface area contributed by atoms with E-state index in [0.29, 0.717) is 13.2 Å². The van der Waals surface area contributed by atoms with E-state index < -0.39 is 22.1 Å². The van der Waals surface area contributed by atoms with Crippen molar-refractivity contribution >= 4 is 10.0 Å². The van der Waals surface area contributed by atoms with E-state index in [2.05, 4.69) is 0 Å². The van der Waals surface area contributed by atoms with E-state index in [1.807, 2.05) is 0 Å². The van der Waals surface area contributed by atoms with Gasteiger partial charge in [-0.3, -0.25) is 0 Å². The normalized spacial score (nSPS) is 17.5. The smallest absolute Gasteiger partial charge is 0.243 e. The first kappa shape index (κ1) is 13.4. The van der Waals surface area contributed by atoms with Crippen LogP contribution in [0.25, 0.3) is 0 Å². The minimum Gasteiger partial charge on any atom is -0.349 e. The molecule has 1 aliphatic heterocycles. The van der Waals surface area contributed by atoms with Crippen LogP contribution in [-0.4, -0.2) is 45.8 Å². The maximum Gasteiger partial charge on any atom is 0.243 e. The monoisotopic (exact) mass is 275 g/mol. The van der Waals surface area contributed by atoms with E-state index in [1.54, 1.807) is 0 Å². The zero-order chi connectivity index (χ0) is 13.2. The van der Waals surface area contributed by atoms with Crippen molar-refractivity contribution in [1.29, 1.82) is 0 Å². The third-order valence-electron chi connectivity index (χ3n) is 2.60. The number of benzene rings is 1. The van der Waals surface area contributed by atoms with Gasteiger partial charge < -0.3 is 9.47 Å². The molecule has 0 aromatic heterocycles. The van der Waals surface area contributed by atoms with Gasteiger partial charge in [0.05, 0.1) is 24.7 Å².